The van der Waals surface area contributed by atoms with Crippen LogP contribution in [0.1, 0.15) is 37.6 Å². The van der Waals surface area contributed by atoms with E-state index >= 15 is 0 Å². The van der Waals surface area contributed by atoms with E-state index in [0.717, 1.165) is 12.1 Å². The second-order valence-electron chi connectivity index (χ2n) is 5.65. The van der Waals surface area contributed by atoms with E-state index in [2.05, 4.69) is 51.4 Å². The van der Waals surface area contributed by atoms with Crippen LogP contribution in [0.3, 0.4) is 0 Å². The lowest BCUT2D eigenvalue weighted by molar-refractivity contribution is 0.734. The Morgan fingerprint density at radius 2 is 2.12 bits per heavy atom. The summed E-state index contributed by atoms with van der Waals surface area (Å²) in [6, 6.07) is 10.0. The molecule has 1 aromatic carbocycles. The lowest BCUT2D eigenvalue weighted by Crippen LogP contribution is -2.22. The SMILES string of the molecule is CCC(C)c1ccc(NC(N)=NCc2nc3ncccn3n2)cc1. The Hall–Kier alpha value is -2.96. The lowest BCUT2D eigenvalue weighted by atomic mass is 9.99. The highest BCUT2D eigenvalue weighted by Gasteiger charge is 2.04. The Bertz CT molecular complexity index is 803. The molecule has 7 heteroatoms. The molecule has 0 saturated carbocycles. The van der Waals surface area contributed by atoms with Crippen LogP contribution in [0.2, 0.25) is 0 Å². The van der Waals surface area contributed by atoms with Gasteiger partial charge in [-0.3, -0.25) is 0 Å². The largest absolute Gasteiger partial charge is 0.370 e. The zero-order valence-corrected chi connectivity index (χ0v) is 13.8. The number of nitrogens with two attached hydrogens (primary N) is 1. The number of fused-ring (bicyclic) bond motifs is 1. The summed E-state index contributed by atoms with van der Waals surface area (Å²) in [5, 5.41) is 7.36. The van der Waals surface area contributed by atoms with E-state index < -0.39 is 0 Å². The maximum absolute atomic E-state index is 5.93. The van der Waals surface area contributed by atoms with Crippen LogP contribution >= 0.6 is 0 Å². The Morgan fingerprint density at radius 3 is 2.83 bits per heavy atom. The highest BCUT2D eigenvalue weighted by Crippen LogP contribution is 2.20. The molecular weight excluding hydrogens is 302 g/mol. The zero-order valence-electron chi connectivity index (χ0n) is 13.8. The highest BCUT2D eigenvalue weighted by atomic mass is 15.3. The van der Waals surface area contributed by atoms with Crippen LogP contribution in [0.4, 0.5) is 5.69 Å². The summed E-state index contributed by atoms with van der Waals surface area (Å²) >= 11 is 0. The highest BCUT2D eigenvalue weighted by molar-refractivity contribution is 5.92. The van der Waals surface area contributed by atoms with Crippen molar-refractivity contribution in [3.8, 4) is 0 Å². The molecule has 24 heavy (non-hydrogen) atoms. The van der Waals surface area contributed by atoms with Gasteiger partial charge < -0.3 is 11.1 Å². The topological polar surface area (TPSA) is 93.5 Å². The number of nitrogens with one attached hydrogen (secondary N) is 1. The van der Waals surface area contributed by atoms with Crippen molar-refractivity contribution in [1.82, 2.24) is 19.6 Å². The van der Waals surface area contributed by atoms with Crippen LogP contribution in [0, 0.1) is 0 Å². The van der Waals surface area contributed by atoms with Crippen molar-refractivity contribution in [2.24, 2.45) is 10.7 Å². The number of benzene rings is 1. The van der Waals surface area contributed by atoms with Gasteiger partial charge in [0.05, 0.1) is 0 Å². The van der Waals surface area contributed by atoms with Crippen molar-refractivity contribution < 1.29 is 0 Å². The minimum absolute atomic E-state index is 0.299. The standard InChI is InChI=1S/C17H21N7/c1-3-12(2)13-5-7-14(8-6-13)21-16(18)20-11-15-22-17-19-9-4-10-24(17)23-15/h4-10,12H,3,11H2,1-2H3,(H3,18,20,21). The molecule has 0 aliphatic rings. The number of hydrogen-bond acceptors (Lipinski definition) is 4. The zero-order chi connectivity index (χ0) is 16.9. The third-order valence-corrected chi connectivity index (χ3v) is 3.92. The Balaban J connectivity index is 1.63. The van der Waals surface area contributed by atoms with Crippen molar-refractivity contribution in [2.75, 3.05) is 5.32 Å². The van der Waals surface area contributed by atoms with Crippen molar-refractivity contribution in [1.29, 1.82) is 0 Å². The quantitative estimate of drug-likeness (QED) is 0.556. The number of anilines is 1. The van der Waals surface area contributed by atoms with E-state index in [1.165, 1.54) is 5.56 Å². The third kappa shape index (κ3) is 3.68. The van der Waals surface area contributed by atoms with E-state index in [0.29, 0.717) is 30.0 Å². The van der Waals surface area contributed by atoms with Crippen molar-refractivity contribution in [2.45, 2.75) is 32.7 Å². The number of guanidine groups is 1. The van der Waals surface area contributed by atoms with E-state index in [1.54, 1.807) is 23.0 Å². The first kappa shape index (κ1) is 15.9. The monoisotopic (exact) mass is 323 g/mol. The first-order valence-electron chi connectivity index (χ1n) is 7.99. The van der Waals surface area contributed by atoms with Crippen molar-refractivity contribution in [3.05, 3.63) is 54.1 Å². The average molecular weight is 323 g/mol. The number of rotatable bonds is 5. The molecule has 0 radical (unpaired) electrons. The summed E-state index contributed by atoms with van der Waals surface area (Å²) in [7, 11) is 0. The smallest absolute Gasteiger partial charge is 0.252 e. The number of aromatic nitrogens is 4. The lowest BCUT2D eigenvalue weighted by Gasteiger charge is -2.10. The summed E-state index contributed by atoms with van der Waals surface area (Å²) in [5.74, 6) is 2.01. The maximum atomic E-state index is 5.93. The van der Waals surface area contributed by atoms with E-state index in [-0.39, 0.29) is 0 Å². The van der Waals surface area contributed by atoms with Crippen LogP contribution in [0.5, 0.6) is 0 Å². The van der Waals surface area contributed by atoms with Crippen LogP contribution in [0.25, 0.3) is 5.78 Å². The van der Waals surface area contributed by atoms with Gasteiger partial charge in [0.15, 0.2) is 11.8 Å². The molecule has 2 aromatic heterocycles. The summed E-state index contributed by atoms with van der Waals surface area (Å²) in [4.78, 5) is 12.7. The molecule has 3 rings (SSSR count). The van der Waals surface area contributed by atoms with Gasteiger partial charge in [-0.15, -0.1) is 5.10 Å². The molecule has 0 aliphatic carbocycles. The van der Waals surface area contributed by atoms with Crippen LogP contribution in [0.15, 0.2) is 47.7 Å². The molecule has 2 heterocycles. The molecule has 0 saturated heterocycles. The van der Waals surface area contributed by atoms with Gasteiger partial charge in [0.2, 0.25) is 0 Å². The predicted octanol–water partition coefficient (Wildman–Crippen LogP) is 2.56. The van der Waals surface area contributed by atoms with Gasteiger partial charge in [-0.25, -0.2) is 14.5 Å². The normalized spacial score (nSPS) is 13.2. The van der Waals surface area contributed by atoms with Crippen molar-refractivity contribution in [3.63, 3.8) is 0 Å². The van der Waals surface area contributed by atoms with Crippen molar-refractivity contribution >= 4 is 17.4 Å². The van der Waals surface area contributed by atoms with Gasteiger partial charge in [0, 0.05) is 18.1 Å². The second-order valence-corrected chi connectivity index (χ2v) is 5.65. The second kappa shape index (κ2) is 7.08. The fourth-order valence-corrected chi connectivity index (χ4v) is 2.32. The minimum Gasteiger partial charge on any atom is -0.370 e. The van der Waals surface area contributed by atoms with Crippen LogP contribution in [-0.2, 0) is 6.54 Å². The maximum Gasteiger partial charge on any atom is 0.252 e. The summed E-state index contributed by atoms with van der Waals surface area (Å²) in [6.07, 6.45) is 4.59. The molecule has 1 atom stereocenters. The molecule has 0 aliphatic heterocycles. The Kier molecular flexibility index (Phi) is 4.69. The van der Waals surface area contributed by atoms with Gasteiger partial charge in [-0.05, 0) is 36.1 Å². The summed E-state index contributed by atoms with van der Waals surface area (Å²) in [6.45, 7) is 4.70. The van der Waals surface area contributed by atoms with Gasteiger partial charge >= 0.3 is 0 Å². The van der Waals surface area contributed by atoms with Crippen LogP contribution < -0.4 is 11.1 Å². The molecule has 0 bridgehead atoms. The molecule has 3 N–H and O–H groups in total. The third-order valence-electron chi connectivity index (χ3n) is 3.92. The van der Waals surface area contributed by atoms with Gasteiger partial charge in [-0.1, -0.05) is 26.0 Å². The fraction of sp³-hybridized carbons (Fsp3) is 0.294. The molecule has 0 amide bonds. The summed E-state index contributed by atoms with van der Waals surface area (Å²) in [5.41, 5.74) is 8.16. The molecule has 1 unspecified atom stereocenters. The Labute approximate surface area is 140 Å². The van der Waals surface area contributed by atoms with E-state index in [1.807, 2.05) is 12.1 Å². The van der Waals surface area contributed by atoms with Gasteiger partial charge in [-0.2, -0.15) is 4.98 Å². The summed E-state index contributed by atoms with van der Waals surface area (Å²) < 4.78 is 1.61. The first-order chi connectivity index (χ1) is 11.7. The van der Waals surface area contributed by atoms with Crippen LogP contribution in [-0.4, -0.2) is 25.5 Å². The predicted molar refractivity (Wildman–Crippen MR) is 94.9 cm³/mol. The molecule has 124 valence electrons. The van der Waals surface area contributed by atoms with E-state index in [4.69, 9.17) is 5.73 Å². The molecule has 3 aromatic rings. The number of aliphatic imine (C=N–C) groups is 1. The Morgan fingerprint density at radius 1 is 1.33 bits per heavy atom. The minimum atomic E-state index is 0.299. The average Bonchev–Trinajstić information content (AvgIpc) is 3.03. The molecule has 0 spiro atoms. The molecule has 7 nitrogen and oxygen atoms in total. The molecular formula is C17H21N7. The molecule has 0 fully saturated rings. The number of hydrogen-bond donors (Lipinski definition) is 2. The van der Waals surface area contributed by atoms with E-state index in [9.17, 15) is 0 Å². The first-order valence-corrected chi connectivity index (χ1v) is 7.99. The number of nitrogens with zero attached hydrogens (tertiary/aromatic N) is 5. The van der Waals surface area contributed by atoms with Gasteiger partial charge in [0.1, 0.15) is 6.54 Å². The fourth-order valence-electron chi connectivity index (χ4n) is 2.32. The van der Waals surface area contributed by atoms with Gasteiger partial charge in [0.25, 0.3) is 5.78 Å².